The SMILES string of the molecule is C=CC(=O)N1CCC(N2C(=O)N(c3ccccc3)Cc3cnc(Nc4ccc(N5CCN(C)CC5)cc4)nc32)C1. The minimum Gasteiger partial charge on any atom is -0.369 e. The van der Waals surface area contributed by atoms with E-state index in [1.54, 1.807) is 20.9 Å². The summed E-state index contributed by atoms with van der Waals surface area (Å²) in [5, 5.41) is 3.32. The first-order valence-electron chi connectivity index (χ1n) is 13.7. The minimum atomic E-state index is -0.202. The molecule has 10 nitrogen and oxygen atoms in total. The molecule has 0 spiro atoms. The molecular formula is C30H34N8O2. The Balaban J connectivity index is 1.26. The Kier molecular flexibility index (Phi) is 7.08. The number of hydrogen-bond donors (Lipinski definition) is 1. The quantitative estimate of drug-likeness (QED) is 0.479. The van der Waals surface area contributed by atoms with Crippen molar-refractivity contribution in [3.63, 3.8) is 0 Å². The number of urea groups is 1. The third-order valence-corrected chi connectivity index (χ3v) is 7.91. The number of carbonyl (C=O) groups excluding carboxylic acids is 2. The third-order valence-electron chi connectivity index (χ3n) is 7.91. The van der Waals surface area contributed by atoms with Crippen LogP contribution < -0.4 is 20.0 Å². The number of carbonyl (C=O) groups is 2. The van der Waals surface area contributed by atoms with Crippen LogP contribution in [-0.4, -0.2) is 84.1 Å². The van der Waals surface area contributed by atoms with Gasteiger partial charge in [-0.05, 0) is 55.9 Å². The van der Waals surface area contributed by atoms with Gasteiger partial charge in [0.2, 0.25) is 11.9 Å². The molecule has 1 unspecified atom stereocenters. The summed E-state index contributed by atoms with van der Waals surface area (Å²) in [7, 11) is 2.15. The molecule has 6 rings (SSSR count). The maximum Gasteiger partial charge on any atom is 0.330 e. The lowest BCUT2D eigenvalue weighted by Crippen LogP contribution is -2.53. The number of benzene rings is 2. The smallest absolute Gasteiger partial charge is 0.330 e. The van der Waals surface area contributed by atoms with Crippen LogP contribution in [0.3, 0.4) is 0 Å². The fraction of sp³-hybridized carbons (Fsp3) is 0.333. The highest BCUT2D eigenvalue weighted by atomic mass is 16.2. The van der Waals surface area contributed by atoms with Gasteiger partial charge in [-0.2, -0.15) is 4.98 Å². The molecule has 0 aliphatic carbocycles. The van der Waals surface area contributed by atoms with Crippen LogP contribution in [-0.2, 0) is 11.3 Å². The highest BCUT2D eigenvalue weighted by Crippen LogP contribution is 2.34. The van der Waals surface area contributed by atoms with Gasteiger partial charge in [0.25, 0.3) is 0 Å². The topological polar surface area (TPSA) is 88.1 Å². The molecule has 1 atom stereocenters. The lowest BCUT2D eigenvalue weighted by molar-refractivity contribution is -0.125. The number of amides is 3. The van der Waals surface area contributed by atoms with Gasteiger partial charge in [-0.1, -0.05) is 24.8 Å². The molecule has 2 fully saturated rings. The van der Waals surface area contributed by atoms with Gasteiger partial charge < -0.3 is 20.0 Å². The number of rotatable bonds is 6. The van der Waals surface area contributed by atoms with Crippen molar-refractivity contribution in [3.8, 4) is 0 Å². The highest BCUT2D eigenvalue weighted by molar-refractivity contribution is 6.06. The molecule has 3 amide bonds. The molecule has 2 aromatic carbocycles. The number of piperazine rings is 1. The van der Waals surface area contributed by atoms with E-state index in [2.05, 4.69) is 45.9 Å². The summed E-state index contributed by atoms with van der Waals surface area (Å²) in [4.78, 5) is 45.6. The van der Waals surface area contributed by atoms with E-state index in [0.29, 0.717) is 37.8 Å². The third kappa shape index (κ3) is 5.10. The molecule has 0 bridgehead atoms. The van der Waals surface area contributed by atoms with Gasteiger partial charge in [0.15, 0.2) is 0 Å². The van der Waals surface area contributed by atoms with Gasteiger partial charge in [0.05, 0.1) is 12.6 Å². The monoisotopic (exact) mass is 538 g/mol. The zero-order chi connectivity index (χ0) is 27.6. The Morgan fingerprint density at radius 2 is 1.75 bits per heavy atom. The molecule has 3 aliphatic heterocycles. The summed E-state index contributed by atoms with van der Waals surface area (Å²) in [5.74, 6) is 0.882. The molecule has 10 heteroatoms. The van der Waals surface area contributed by atoms with Crippen molar-refractivity contribution in [1.82, 2.24) is 19.8 Å². The summed E-state index contributed by atoms with van der Waals surface area (Å²) in [5.41, 5.74) is 3.74. The van der Waals surface area contributed by atoms with Crippen LogP contribution in [0.4, 0.5) is 33.6 Å². The molecule has 3 aromatic rings. The van der Waals surface area contributed by atoms with E-state index >= 15 is 0 Å². The van der Waals surface area contributed by atoms with E-state index in [1.165, 1.54) is 11.8 Å². The van der Waals surface area contributed by atoms with Crippen molar-refractivity contribution in [1.29, 1.82) is 0 Å². The second-order valence-electron chi connectivity index (χ2n) is 10.5. The van der Waals surface area contributed by atoms with E-state index in [-0.39, 0.29) is 18.0 Å². The largest absolute Gasteiger partial charge is 0.369 e. The summed E-state index contributed by atoms with van der Waals surface area (Å²) >= 11 is 0. The fourth-order valence-electron chi connectivity index (χ4n) is 5.61. The number of likely N-dealkylation sites (tertiary alicyclic amines) is 1. The normalized spacial score (nSPS) is 19.5. The summed E-state index contributed by atoms with van der Waals surface area (Å²) < 4.78 is 0. The van der Waals surface area contributed by atoms with Crippen molar-refractivity contribution in [2.45, 2.75) is 19.0 Å². The van der Waals surface area contributed by atoms with Gasteiger partial charge in [-0.15, -0.1) is 0 Å². The van der Waals surface area contributed by atoms with Crippen LogP contribution in [0.15, 0.2) is 73.4 Å². The second kappa shape index (κ2) is 11.0. The number of likely N-dealkylation sites (N-methyl/N-ethyl adjacent to an activating group) is 1. The van der Waals surface area contributed by atoms with Crippen molar-refractivity contribution < 1.29 is 9.59 Å². The van der Waals surface area contributed by atoms with Crippen LogP contribution in [0.5, 0.6) is 0 Å². The summed E-state index contributed by atoms with van der Waals surface area (Å²) in [6, 6.07) is 17.5. The van der Waals surface area contributed by atoms with Crippen LogP contribution in [0, 0.1) is 0 Å². The predicted octanol–water partition coefficient (Wildman–Crippen LogP) is 3.71. The predicted molar refractivity (Wildman–Crippen MR) is 157 cm³/mol. The first-order chi connectivity index (χ1) is 19.5. The summed E-state index contributed by atoms with van der Waals surface area (Å²) in [6.07, 6.45) is 3.78. The Morgan fingerprint density at radius 1 is 1.00 bits per heavy atom. The number of aromatic nitrogens is 2. The summed E-state index contributed by atoms with van der Waals surface area (Å²) in [6.45, 7) is 9.12. The van der Waals surface area contributed by atoms with Crippen molar-refractivity contribution in [3.05, 3.63) is 79.0 Å². The number of fused-ring (bicyclic) bond motifs is 1. The molecule has 206 valence electrons. The van der Waals surface area contributed by atoms with Crippen LogP contribution in [0.1, 0.15) is 12.0 Å². The van der Waals surface area contributed by atoms with Crippen LogP contribution in [0.25, 0.3) is 0 Å². The number of hydrogen-bond acceptors (Lipinski definition) is 7. The molecule has 0 saturated carbocycles. The van der Waals surface area contributed by atoms with E-state index in [1.807, 2.05) is 42.5 Å². The minimum absolute atomic E-state index is 0.128. The van der Waals surface area contributed by atoms with Crippen molar-refractivity contribution in [2.24, 2.45) is 0 Å². The van der Waals surface area contributed by atoms with E-state index < -0.39 is 0 Å². The zero-order valence-corrected chi connectivity index (χ0v) is 22.7. The van der Waals surface area contributed by atoms with Crippen molar-refractivity contribution in [2.75, 3.05) is 66.3 Å². The van der Waals surface area contributed by atoms with Gasteiger partial charge >= 0.3 is 6.03 Å². The average molecular weight is 539 g/mol. The number of nitrogens with one attached hydrogen (secondary N) is 1. The lowest BCUT2D eigenvalue weighted by Gasteiger charge is -2.39. The molecule has 40 heavy (non-hydrogen) atoms. The Morgan fingerprint density at radius 3 is 2.48 bits per heavy atom. The maximum absolute atomic E-state index is 13.9. The first-order valence-corrected chi connectivity index (χ1v) is 13.7. The molecular weight excluding hydrogens is 504 g/mol. The number of nitrogens with zero attached hydrogens (tertiary/aromatic N) is 7. The van der Waals surface area contributed by atoms with Crippen LogP contribution >= 0.6 is 0 Å². The lowest BCUT2D eigenvalue weighted by atomic mass is 10.1. The molecule has 0 radical (unpaired) electrons. The van der Waals surface area contributed by atoms with E-state index in [9.17, 15) is 9.59 Å². The van der Waals surface area contributed by atoms with Gasteiger partial charge in [-0.3, -0.25) is 14.6 Å². The van der Waals surface area contributed by atoms with Crippen molar-refractivity contribution >= 4 is 40.8 Å². The van der Waals surface area contributed by atoms with Gasteiger partial charge in [-0.25, -0.2) is 9.78 Å². The Bertz CT molecular complexity index is 1390. The molecule has 1 N–H and O–H groups in total. The first kappa shape index (κ1) is 25.8. The highest BCUT2D eigenvalue weighted by Gasteiger charge is 2.40. The van der Waals surface area contributed by atoms with E-state index in [4.69, 9.17) is 4.98 Å². The second-order valence-corrected chi connectivity index (χ2v) is 10.5. The molecule has 4 heterocycles. The van der Waals surface area contributed by atoms with E-state index in [0.717, 1.165) is 43.1 Å². The van der Waals surface area contributed by atoms with Gasteiger partial charge in [0.1, 0.15) is 5.82 Å². The Labute approximate surface area is 234 Å². The molecule has 1 aromatic heterocycles. The number of anilines is 5. The van der Waals surface area contributed by atoms with Gasteiger partial charge in [0, 0.05) is 68.1 Å². The fourth-order valence-corrected chi connectivity index (χ4v) is 5.61. The van der Waals surface area contributed by atoms with Crippen LogP contribution in [0.2, 0.25) is 0 Å². The molecule has 2 saturated heterocycles. The maximum atomic E-state index is 13.9. The average Bonchev–Trinajstić information content (AvgIpc) is 3.47. The Hall–Kier alpha value is -4.44. The zero-order valence-electron chi connectivity index (χ0n) is 22.7. The molecule has 3 aliphatic rings. The number of para-hydroxylation sites is 1. The standard InChI is InChI=1S/C30H34N8O2/c1-3-27(39)36-14-13-26(21-36)38-28-22(20-37(30(38)40)25-7-5-4-6-8-25)19-31-29(33-28)32-23-9-11-24(12-10-23)35-17-15-34(2)16-18-35/h3-12,19,26H,1,13-18,20-21H2,2H3,(H,31,32,33).